The van der Waals surface area contributed by atoms with Gasteiger partial charge in [-0.3, -0.25) is 9.59 Å². The monoisotopic (exact) mass is 450 g/mol. The van der Waals surface area contributed by atoms with Crippen molar-refractivity contribution in [2.45, 2.75) is 46.1 Å². The number of carbonyl (C=O) groups excluding carboxylic acids is 2. The van der Waals surface area contributed by atoms with Crippen molar-refractivity contribution in [3.05, 3.63) is 47.5 Å². The average Bonchev–Trinajstić information content (AvgIpc) is 3.42. The minimum atomic E-state index is -0.296. The number of aryl methyl sites for hydroxylation is 2. The number of hydrogen-bond acceptors (Lipinski definition) is 6. The summed E-state index contributed by atoms with van der Waals surface area (Å²) < 4.78 is 0. The lowest BCUT2D eigenvalue weighted by Gasteiger charge is -2.21. The Bertz CT molecular complexity index is 967. The molecule has 0 spiro atoms. The summed E-state index contributed by atoms with van der Waals surface area (Å²) in [6.07, 6.45) is 2.77. The molecule has 0 saturated carbocycles. The van der Waals surface area contributed by atoms with Crippen LogP contribution in [-0.4, -0.2) is 64.3 Å². The SMILES string of the molecule is Cc1cc(C)nc(C(C)Nc2ccc(NC(=O)C3CC(=O)N(CCN4CCCC4)C3)cc2)n1. The second-order valence-corrected chi connectivity index (χ2v) is 9.23. The lowest BCUT2D eigenvalue weighted by atomic mass is 10.1. The first kappa shape index (κ1) is 23.2. The molecule has 2 aliphatic heterocycles. The van der Waals surface area contributed by atoms with Gasteiger partial charge in [-0.1, -0.05) is 0 Å². The number of carbonyl (C=O) groups is 2. The Labute approximate surface area is 195 Å². The molecule has 0 aliphatic carbocycles. The number of rotatable bonds is 8. The van der Waals surface area contributed by atoms with Crippen molar-refractivity contribution in [1.29, 1.82) is 0 Å². The van der Waals surface area contributed by atoms with Crippen LogP contribution in [0.25, 0.3) is 0 Å². The molecule has 176 valence electrons. The van der Waals surface area contributed by atoms with Crippen molar-refractivity contribution in [2.75, 3.05) is 43.4 Å². The minimum Gasteiger partial charge on any atom is -0.375 e. The maximum atomic E-state index is 12.7. The predicted octanol–water partition coefficient (Wildman–Crippen LogP) is 3.15. The Kier molecular flexibility index (Phi) is 7.23. The summed E-state index contributed by atoms with van der Waals surface area (Å²) >= 11 is 0. The number of hydrogen-bond donors (Lipinski definition) is 2. The van der Waals surface area contributed by atoms with Gasteiger partial charge in [0.15, 0.2) is 5.82 Å². The van der Waals surface area contributed by atoms with Crippen LogP contribution < -0.4 is 10.6 Å². The molecule has 8 heteroatoms. The van der Waals surface area contributed by atoms with E-state index in [1.807, 2.05) is 56.0 Å². The topological polar surface area (TPSA) is 90.5 Å². The Morgan fingerprint density at radius 2 is 1.70 bits per heavy atom. The molecule has 33 heavy (non-hydrogen) atoms. The van der Waals surface area contributed by atoms with E-state index in [1.54, 1.807) is 0 Å². The van der Waals surface area contributed by atoms with Crippen LogP contribution in [0.5, 0.6) is 0 Å². The van der Waals surface area contributed by atoms with Crippen molar-refractivity contribution in [2.24, 2.45) is 5.92 Å². The van der Waals surface area contributed by atoms with Crippen LogP contribution in [0.15, 0.2) is 30.3 Å². The molecule has 2 fully saturated rings. The zero-order valence-corrected chi connectivity index (χ0v) is 19.8. The molecule has 8 nitrogen and oxygen atoms in total. The summed E-state index contributed by atoms with van der Waals surface area (Å²) in [5.41, 5.74) is 3.55. The van der Waals surface area contributed by atoms with Gasteiger partial charge >= 0.3 is 0 Å². The first-order valence-corrected chi connectivity index (χ1v) is 11.9. The third kappa shape index (κ3) is 6.07. The van der Waals surface area contributed by atoms with E-state index in [9.17, 15) is 9.59 Å². The smallest absolute Gasteiger partial charge is 0.229 e. The number of anilines is 2. The van der Waals surface area contributed by atoms with Gasteiger partial charge in [-0.25, -0.2) is 9.97 Å². The van der Waals surface area contributed by atoms with Crippen LogP contribution in [0.1, 0.15) is 49.4 Å². The highest BCUT2D eigenvalue weighted by molar-refractivity contribution is 5.97. The first-order valence-electron chi connectivity index (χ1n) is 11.9. The molecule has 3 heterocycles. The third-order valence-electron chi connectivity index (χ3n) is 6.39. The van der Waals surface area contributed by atoms with Crippen LogP contribution in [0.3, 0.4) is 0 Å². The zero-order valence-electron chi connectivity index (χ0n) is 19.8. The standard InChI is InChI=1S/C25H34N6O2/c1-17-14-18(2)27-24(26-17)19(3)28-21-6-8-22(9-7-21)29-25(33)20-15-23(32)31(16-20)13-12-30-10-4-5-11-30/h6-9,14,19-20,28H,4-5,10-13,15-16H2,1-3H3,(H,29,33). The number of likely N-dealkylation sites (tertiary alicyclic amines) is 2. The number of aromatic nitrogens is 2. The van der Waals surface area contributed by atoms with Crippen molar-refractivity contribution in [1.82, 2.24) is 19.8 Å². The fourth-order valence-corrected chi connectivity index (χ4v) is 4.59. The predicted molar refractivity (Wildman–Crippen MR) is 129 cm³/mol. The highest BCUT2D eigenvalue weighted by Gasteiger charge is 2.34. The van der Waals surface area contributed by atoms with E-state index in [4.69, 9.17) is 0 Å². The van der Waals surface area contributed by atoms with Crippen LogP contribution in [0.4, 0.5) is 11.4 Å². The van der Waals surface area contributed by atoms with Gasteiger partial charge in [0.05, 0.1) is 12.0 Å². The molecule has 2 N–H and O–H groups in total. The molecule has 2 amide bonds. The van der Waals surface area contributed by atoms with Gasteiger partial charge in [0.2, 0.25) is 11.8 Å². The molecule has 2 aromatic rings. The summed E-state index contributed by atoms with van der Waals surface area (Å²) in [5, 5.41) is 6.37. The Morgan fingerprint density at radius 3 is 2.36 bits per heavy atom. The molecule has 4 rings (SSSR count). The quantitative estimate of drug-likeness (QED) is 0.642. The minimum absolute atomic E-state index is 0.0416. The summed E-state index contributed by atoms with van der Waals surface area (Å²) in [6.45, 7) is 10.3. The van der Waals surface area contributed by atoms with Crippen LogP contribution >= 0.6 is 0 Å². The molecule has 1 aromatic heterocycles. The second kappa shape index (κ2) is 10.3. The second-order valence-electron chi connectivity index (χ2n) is 9.23. The largest absolute Gasteiger partial charge is 0.375 e. The number of nitrogens with one attached hydrogen (secondary N) is 2. The lowest BCUT2D eigenvalue weighted by molar-refractivity contribution is -0.128. The molecule has 1 aromatic carbocycles. The Balaban J connectivity index is 1.27. The van der Waals surface area contributed by atoms with E-state index in [0.717, 1.165) is 48.2 Å². The van der Waals surface area contributed by atoms with E-state index in [0.29, 0.717) is 19.5 Å². The van der Waals surface area contributed by atoms with Gasteiger partial charge in [0.25, 0.3) is 0 Å². The summed E-state index contributed by atoms with van der Waals surface area (Å²) in [4.78, 5) is 38.4. The van der Waals surface area contributed by atoms with Crippen molar-refractivity contribution in [3.8, 4) is 0 Å². The molecule has 2 saturated heterocycles. The van der Waals surface area contributed by atoms with E-state index in [1.165, 1.54) is 12.8 Å². The molecular weight excluding hydrogens is 416 g/mol. The van der Waals surface area contributed by atoms with Crippen molar-refractivity contribution in [3.63, 3.8) is 0 Å². The van der Waals surface area contributed by atoms with Crippen molar-refractivity contribution >= 4 is 23.2 Å². The van der Waals surface area contributed by atoms with Gasteiger partial charge in [-0.2, -0.15) is 0 Å². The van der Waals surface area contributed by atoms with Gasteiger partial charge < -0.3 is 20.4 Å². The fourth-order valence-electron chi connectivity index (χ4n) is 4.59. The molecular formula is C25H34N6O2. The van der Waals surface area contributed by atoms with E-state index in [2.05, 4.69) is 25.5 Å². The van der Waals surface area contributed by atoms with Gasteiger partial charge in [-0.05, 0) is 77.0 Å². The lowest BCUT2D eigenvalue weighted by Crippen LogP contribution is -2.35. The third-order valence-corrected chi connectivity index (χ3v) is 6.39. The van der Waals surface area contributed by atoms with Gasteiger partial charge in [-0.15, -0.1) is 0 Å². The summed E-state index contributed by atoms with van der Waals surface area (Å²) in [5.74, 6) is 0.446. The maximum absolute atomic E-state index is 12.7. The highest BCUT2D eigenvalue weighted by atomic mass is 16.2. The number of nitrogens with zero attached hydrogens (tertiary/aromatic N) is 4. The van der Waals surface area contributed by atoms with E-state index >= 15 is 0 Å². The van der Waals surface area contributed by atoms with Gasteiger partial charge in [0.1, 0.15) is 0 Å². The van der Waals surface area contributed by atoms with Crippen molar-refractivity contribution < 1.29 is 9.59 Å². The normalized spacial score (nSPS) is 19.7. The Morgan fingerprint density at radius 1 is 1.06 bits per heavy atom. The molecule has 2 atom stereocenters. The molecule has 2 unspecified atom stereocenters. The fraction of sp³-hybridized carbons (Fsp3) is 0.520. The summed E-state index contributed by atoms with van der Waals surface area (Å²) in [6, 6.07) is 9.51. The molecule has 0 bridgehead atoms. The van der Waals surface area contributed by atoms with Crippen LogP contribution in [0, 0.1) is 19.8 Å². The molecule has 2 aliphatic rings. The maximum Gasteiger partial charge on any atom is 0.229 e. The van der Waals surface area contributed by atoms with E-state index < -0.39 is 0 Å². The number of benzene rings is 1. The van der Waals surface area contributed by atoms with E-state index in [-0.39, 0.29) is 23.8 Å². The highest BCUT2D eigenvalue weighted by Crippen LogP contribution is 2.23. The summed E-state index contributed by atoms with van der Waals surface area (Å²) in [7, 11) is 0. The molecule has 0 radical (unpaired) electrons. The zero-order chi connectivity index (χ0) is 23.4. The van der Waals surface area contributed by atoms with Crippen LogP contribution in [0.2, 0.25) is 0 Å². The number of amides is 2. The van der Waals surface area contributed by atoms with Gasteiger partial charge in [0, 0.05) is 48.8 Å². The average molecular weight is 451 g/mol. The Hall–Kier alpha value is -3.00. The van der Waals surface area contributed by atoms with Crippen LogP contribution in [-0.2, 0) is 9.59 Å². The first-order chi connectivity index (χ1) is 15.9.